The minimum absolute atomic E-state index is 0.644. The lowest BCUT2D eigenvalue weighted by Crippen LogP contribution is -2.21. The maximum Gasteiger partial charge on any atom is 0.00328 e. The maximum absolute atomic E-state index is 2.45. The van der Waals surface area contributed by atoms with E-state index in [0.29, 0.717) is 5.41 Å². The van der Waals surface area contributed by atoms with Crippen LogP contribution in [0.15, 0.2) is 0 Å². The van der Waals surface area contributed by atoms with E-state index in [1.54, 1.807) is 0 Å². The van der Waals surface area contributed by atoms with Gasteiger partial charge in [-0.25, -0.2) is 0 Å². The molecule has 0 spiro atoms. The first kappa shape index (κ1) is 19.3. The van der Waals surface area contributed by atoms with E-state index in [9.17, 15) is 0 Å². The number of rotatable bonds is 3. The molecule has 1 heteroatoms. The molecule has 106 valence electrons. The summed E-state index contributed by atoms with van der Waals surface area (Å²) in [5.41, 5.74) is 0.644. The predicted molar refractivity (Wildman–Crippen MR) is 81.6 cm³/mol. The van der Waals surface area contributed by atoms with Crippen molar-refractivity contribution in [3.8, 4) is 0 Å². The third-order valence-electron chi connectivity index (χ3n) is 2.88. The summed E-state index contributed by atoms with van der Waals surface area (Å²) in [6.45, 7) is 17.8. The van der Waals surface area contributed by atoms with Gasteiger partial charge in [0.1, 0.15) is 0 Å². The summed E-state index contributed by atoms with van der Waals surface area (Å²) in [5.74, 6) is 0.833. The summed E-state index contributed by atoms with van der Waals surface area (Å²) >= 11 is 0. The largest absolute Gasteiger partial charge is 0.306 e. The van der Waals surface area contributed by atoms with Crippen molar-refractivity contribution in [2.45, 2.75) is 74.1 Å². The van der Waals surface area contributed by atoms with E-state index in [1.165, 1.54) is 38.8 Å². The quantitative estimate of drug-likeness (QED) is 0.658. The van der Waals surface area contributed by atoms with Crippen LogP contribution >= 0.6 is 0 Å². The first-order chi connectivity index (χ1) is 7.89. The fourth-order valence-corrected chi connectivity index (χ4v) is 2.08. The highest BCUT2D eigenvalue weighted by Crippen LogP contribution is 2.33. The summed E-state index contributed by atoms with van der Waals surface area (Å²) in [6, 6.07) is 0. The third-order valence-corrected chi connectivity index (χ3v) is 2.88. The molecule has 1 rings (SSSR count). The lowest BCUT2D eigenvalue weighted by atomic mass is 9.84. The first-order valence-corrected chi connectivity index (χ1v) is 7.58. The van der Waals surface area contributed by atoms with Gasteiger partial charge in [0, 0.05) is 6.54 Å². The van der Waals surface area contributed by atoms with Gasteiger partial charge in [0.15, 0.2) is 0 Å². The Bertz CT molecular complexity index is 151. The molecular weight excluding hydrogens is 206 g/mol. The summed E-state index contributed by atoms with van der Waals surface area (Å²) in [5, 5.41) is 0. The summed E-state index contributed by atoms with van der Waals surface area (Å²) in [6.07, 6.45) is 5.58. The second-order valence-electron chi connectivity index (χ2n) is 6.13. The topological polar surface area (TPSA) is 3.24 Å². The van der Waals surface area contributed by atoms with Crippen LogP contribution in [0.1, 0.15) is 74.1 Å². The van der Waals surface area contributed by atoms with Gasteiger partial charge in [0.2, 0.25) is 0 Å². The average Bonchev–Trinajstić information content (AvgIpc) is 2.59. The van der Waals surface area contributed by atoms with Gasteiger partial charge < -0.3 is 4.90 Å². The van der Waals surface area contributed by atoms with Crippen molar-refractivity contribution in [1.82, 2.24) is 4.90 Å². The highest BCUT2D eigenvalue weighted by atomic mass is 15.1. The lowest BCUT2D eigenvalue weighted by Gasteiger charge is -2.23. The fourth-order valence-electron chi connectivity index (χ4n) is 2.08. The SMILES string of the molecule is CC.CC(C)C.CCCCC1(C)CCN(C)C1. The van der Waals surface area contributed by atoms with Gasteiger partial charge in [-0.05, 0) is 37.8 Å². The van der Waals surface area contributed by atoms with Gasteiger partial charge in [0.25, 0.3) is 0 Å². The van der Waals surface area contributed by atoms with Crippen LogP contribution in [0.2, 0.25) is 0 Å². The van der Waals surface area contributed by atoms with Crippen molar-refractivity contribution >= 4 is 0 Å². The van der Waals surface area contributed by atoms with Crippen LogP contribution in [0, 0.1) is 11.3 Å². The number of nitrogens with zero attached hydrogens (tertiary/aromatic N) is 1. The Morgan fingerprint density at radius 1 is 1.18 bits per heavy atom. The molecule has 0 saturated carbocycles. The molecule has 0 aromatic carbocycles. The van der Waals surface area contributed by atoms with Crippen molar-refractivity contribution in [1.29, 1.82) is 0 Å². The summed E-state index contributed by atoms with van der Waals surface area (Å²) in [7, 11) is 2.23. The van der Waals surface area contributed by atoms with Crippen molar-refractivity contribution in [2.75, 3.05) is 20.1 Å². The Morgan fingerprint density at radius 3 is 1.94 bits per heavy atom. The Kier molecular flexibility index (Phi) is 12.6. The first-order valence-electron chi connectivity index (χ1n) is 7.58. The Hall–Kier alpha value is -0.0400. The van der Waals surface area contributed by atoms with E-state index in [1.807, 2.05) is 13.8 Å². The lowest BCUT2D eigenvalue weighted by molar-refractivity contribution is 0.282. The maximum atomic E-state index is 2.45. The molecule has 0 aromatic rings. The summed E-state index contributed by atoms with van der Waals surface area (Å²) < 4.78 is 0. The zero-order valence-electron chi connectivity index (χ0n) is 13.8. The minimum atomic E-state index is 0.644. The molecule has 0 aromatic heterocycles. The second kappa shape index (κ2) is 11.1. The number of likely N-dealkylation sites (tertiary alicyclic amines) is 1. The van der Waals surface area contributed by atoms with Gasteiger partial charge in [-0.3, -0.25) is 0 Å². The number of unbranched alkanes of at least 4 members (excludes halogenated alkanes) is 1. The molecule has 1 unspecified atom stereocenters. The molecule has 1 atom stereocenters. The summed E-state index contributed by atoms with van der Waals surface area (Å²) in [4.78, 5) is 2.45. The molecule has 0 bridgehead atoms. The van der Waals surface area contributed by atoms with Crippen LogP contribution in [-0.4, -0.2) is 25.0 Å². The normalized spacial score (nSPS) is 23.8. The fraction of sp³-hybridized carbons (Fsp3) is 1.00. The van der Waals surface area contributed by atoms with Crippen molar-refractivity contribution < 1.29 is 0 Å². The van der Waals surface area contributed by atoms with E-state index in [-0.39, 0.29) is 0 Å². The zero-order valence-corrected chi connectivity index (χ0v) is 13.8. The van der Waals surface area contributed by atoms with Crippen LogP contribution in [0.25, 0.3) is 0 Å². The molecule has 1 saturated heterocycles. The van der Waals surface area contributed by atoms with Crippen LogP contribution < -0.4 is 0 Å². The standard InChI is InChI=1S/C10H21N.C4H10.C2H6/c1-4-5-6-10(2)7-8-11(3)9-10;1-4(2)3;1-2/h4-9H2,1-3H3;4H,1-3H3;1-2H3. The van der Waals surface area contributed by atoms with Crippen molar-refractivity contribution in [3.05, 3.63) is 0 Å². The van der Waals surface area contributed by atoms with Gasteiger partial charge in [0.05, 0.1) is 0 Å². The Labute approximate surface area is 111 Å². The van der Waals surface area contributed by atoms with Gasteiger partial charge in [-0.1, -0.05) is 61.3 Å². The van der Waals surface area contributed by atoms with Crippen molar-refractivity contribution in [3.63, 3.8) is 0 Å². The Morgan fingerprint density at radius 2 is 1.65 bits per heavy atom. The molecule has 1 aliphatic rings. The monoisotopic (exact) mass is 243 g/mol. The molecule has 1 nitrogen and oxygen atoms in total. The van der Waals surface area contributed by atoms with Gasteiger partial charge >= 0.3 is 0 Å². The average molecular weight is 243 g/mol. The van der Waals surface area contributed by atoms with E-state index < -0.39 is 0 Å². The van der Waals surface area contributed by atoms with Gasteiger partial charge in [-0.2, -0.15) is 0 Å². The van der Waals surface area contributed by atoms with E-state index in [2.05, 4.69) is 46.6 Å². The molecule has 1 fully saturated rings. The smallest absolute Gasteiger partial charge is 0.00328 e. The minimum Gasteiger partial charge on any atom is -0.306 e. The molecule has 1 heterocycles. The molecule has 0 radical (unpaired) electrons. The second-order valence-corrected chi connectivity index (χ2v) is 6.13. The van der Waals surface area contributed by atoms with E-state index >= 15 is 0 Å². The molecule has 1 aliphatic heterocycles. The highest BCUT2D eigenvalue weighted by Gasteiger charge is 2.30. The van der Waals surface area contributed by atoms with E-state index in [4.69, 9.17) is 0 Å². The number of hydrogen-bond donors (Lipinski definition) is 0. The molecule has 17 heavy (non-hydrogen) atoms. The van der Waals surface area contributed by atoms with Crippen LogP contribution in [0.5, 0.6) is 0 Å². The molecular formula is C16H37N. The molecule has 0 amide bonds. The highest BCUT2D eigenvalue weighted by molar-refractivity contribution is 4.84. The third kappa shape index (κ3) is 12.2. The van der Waals surface area contributed by atoms with E-state index in [0.717, 1.165) is 5.92 Å². The Balaban J connectivity index is 0. The van der Waals surface area contributed by atoms with Gasteiger partial charge in [-0.15, -0.1) is 0 Å². The molecule has 0 aliphatic carbocycles. The zero-order chi connectivity index (χ0) is 13.9. The predicted octanol–water partition coefficient (Wildman–Crippen LogP) is 5.21. The van der Waals surface area contributed by atoms with Crippen LogP contribution in [-0.2, 0) is 0 Å². The van der Waals surface area contributed by atoms with Crippen LogP contribution in [0.3, 0.4) is 0 Å². The number of hydrogen-bond acceptors (Lipinski definition) is 1. The molecule has 0 N–H and O–H groups in total. The van der Waals surface area contributed by atoms with Crippen molar-refractivity contribution in [2.24, 2.45) is 11.3 Å². The van der Waals surface area contributed by atoms with Crippen LogP contribution in [0.4, 0.5) is 0 Å².